The van der Waals surface area contributed by atoms with Crippen molar-refractivity contribution in [3.63, 3.8) is 0 Å². The molecule has 2 aromatic heterocycles. The molecule has 0 aliphatic heterocycles. The van der Waals surface area contributed by atoms with E-state index in [2.05, 4.69) is 29.9 Å². The summed E-state index contributed by atoms with van der Waals surface area (Å²) in [6.45, 7) is 0. The van der Waals surface area contributed by atoms with E-state index < -0.39 is 29.5 Å². The lowest BCUT2D eigenvalue weighted by molar-refractivity contribution is -0.159. The van der Waals surface area contributed by atoms with E-state index >= 15 is 0 Å². The molecule has 2 N–H and O–H groups in total. The van der Waals surface area contributed by atoms with Gasteiger partial charge in [-0.2, -0.15) is 18.2 Å². The largest absolute Gasteiger partial charge is 0.471 e. The molecule has 28 heavy (non-hydrogen) atoms. The molecule has 146 valence electrons. The Balaban J connectivity index is 1.57. The van der Waals surface area contributed by atoms with Crippen molar-refractivity contribution in [1.29, 1.82) is 0 Å². The van der Waals surface area contributed by atoms with Crippen LogP contribution >= 0.6 is 0 Å². The minimum Gasteiger partial charge on any atom is -0.393 e. The zero-order valence-corrected chi connectivity index (χ0v) is 14.1. The summed E-state index contributed by atoms with van der Waals surface area (Å²) in [6, 6.07) is 6.18. The van der Waals surface area contributed by atoms with Gasteiger partial charge in [0, 0.05) is 30.8 Å². The standard InChI is InChI=1S/C17H13F4N5O2/c18-12-4-2-1-3-11(12)16(5-10(27)6-16)25-15-22-7-9(8-23-15)13-24-14(28-26-13)17(19,20)21/h1-4,7-8,10,27H,5-6H2,(H,22,23,25). The molecule has 0 saturated heterocycles. The Morgan fingerprint density at radius 1 is 1.14 bits per heavy atom. The Bertz CT molecular complexity index is 984. The molecule has 1 fully saturated rings. The maximum atomic E-state index is 14.2. The van der Waals surface area contributed by atoms with E-state index in [1.165, 1.54) is 18.5 Å². The molecule has 0 radical (unpaired) electrons. The third-order valence-corrected chi connectivity index (χ3v) is 4.49. The lowest BCUT2D eigenvalue weighted by Gasteiger charge is -2.46. The van der Waals surface area contributed by atoms with Crippen LogP contribution in [0.1, 0.15) is 24.3 Å². The molecule has 0 bridgehead atoms. The minimum absolute atomic E-state index is 0.124. The molecule has 1 saturated carbocycles. The van der Waals surface area contributed by atoms with Crippen LogP contribution in [0.2, 0.25) is 0 Å². The van der Waals surface area contributed by atoms with Crippen LogP contribution in [0, 0.1) is 5.82 Å². The van der Waals surface area contributed by atoms with Crippen LogP contribution in [0.5, 0.6) is 0 Å². The molecule has 0 unspecified atom stereocenters. The van der Waals surface area contributed by atoms with E-state index in [1.807, 2.05) is 0 Å². The fourth-order valence-corrected chi connectivity index (χ4v) is 3.16. The summed E-state index contributed by atoms with van der Waals surface area (Å²) in [5.41, 5.74) is -0.374. The molecule has 1 aromatic carbocycles. The van der Waals surface area contributed by atoms with E-state index in [0.29, 0.717) is 5.56 Å². The molecule has 2 heterocycles. The van der Waals surface area contributed by atoms with Gasteiger partial charge in [-0.3, -0.25) is 0 Å². The van der Waals surface area contributed by atoms with Crippen molar-refractivity contribution < 1.29 is 27.2 Å². The highest BCUT2D eigenvalue weighted by molar-refractivity contribution is 5.53. The number of aromatic nitrogens is 4. The average Bonchev–Trinajstić information content (AvgIpc) is 3.12. The maximum absolute atomic E-state index is 14.2. The van der Waals surface area contributed by atoms with Gasteiger partial charge in [-0.1, -0.05) is 23.4 Å². The minimum atomic E-state index is -4.75. The summed E-state index contributed by atoms with van der Waals surface area (Å²) in [5, 5.41) is 16.0. The topological polar surface area (TPSA) is 97.0 Å². The quantitative estimate of drug-likeness (QED) is 0.655. The van der Waals surface area contributed by atoms with E-state index in [9.17, 15) is 22.7 Å². The Labute approximate surface area is 155 Å². The highest BCUT2D eigenvalue weighted by Gasteiger charge is 2.47. The first-order valence-corrected chi connectivity index (χ1v) is 8.21. The van der Waals surface area contributed by atoms with Crippen LogP contribution in [0.3, 0.4) is 0 Å². The Kier molecular flexibility index (Phi) is 4.26. The van der Waals surface area contributed by atoms with Gasteiger partial charge in [0.2, 0.25) is 11.8 Å². The van der Waals surface area contributed by atoms with Gasteiger partial charge >= 0.3 is 12.1 Å². The van der Waals surface area contributed by atoms with Gasteiger partial charge in [0.1, 0.15) is 5.82 Å². The van der Waals surface area contributed by atoms with Gasteiger partial charge in [0.15, 0.2) is 0 Å². The number of alkyl halides is 3. The molecular formula is C17H13F4N5O2. The highest BCUT2D eigenvalue weighted by Crippen LogP contribution is 2.44. The molecule has 0 spiro atoms. The summed E-state index contributed by atoms with van der Waals surface area (Å²) >= 11 is 0. The fourth-order valence-electron chi connectivity index (χ4n) is 3.16. The van der Waals surface area contributed by atoms with Crippen molar-refractivity contribution in [3.05, 3.63) is 53.9 Å². The third kappa shape index (κ3) is 3.28. The molecule has 0 amide bonds. The van der Waals surface area contributed by atoms with Crippen molar-refractivity contribution in [2.45, 2.75) is 30.7 Å². The van der Waals surface area contributed by atoms with Gasteiger partial charge in [-0.15, -0.1) is 0 Å². The van der Waals surface area contributed by atoms with Crippen LogP contribution in [0.25, 0.3) is 11.4 Å². The Morgan fingerprint density at radius 2 is 1.82 bits per heavy atom. The van der Waals surface area contributed by atoms with E-state index in [1.54, 1.807) is 18.2 Å². The fraction of sp³-hybridized carbons (Fsp3) is 0.294. The molecule has 0 atom stereocenters. The zero-order valence-electron chi connectivity index (χ0n) is 14.1. The van der Waals surface area contributed by atoms with Crippen LogP contribution in [0.4, 0.5) is 23.5 Å². The number of benzene rings is 1. The number of nitrogens with one attached hydrogen (secondary N) is 1. The van der Waals surface area contributed by atoms with Crippen molar-refractivity contribution in [2.75, 3.05) is 5.32 Å². The van der Waals surface area contributed by atoms with Crippen molar-refractivity contribution in [3.8, 4) is 11.4 Å². The second-order valence-corrected chi connectivity index (χ2v) is 6.47. The second-order valence-electron chi connectivity index (χ2n) is 6.47. The van der Waals surface area contributed by atoms with Crippen molar-refractivity contribution in [2.24, 2.45) is 0 Å². The monoisotopic (exact) mass is 395 g/mol. The number of halogens is 4. The van der Waals surface area contributed by atoms with E-state index in [4.69, 9.17) is 0 Å². The predicted octanol–water partition coefficient (Wildman–Crippen LogP) is 3.15. The van der Waals surface area contributed by atoms with Gasteiger partial charge in [0.25, 0.3) is 0 Å². The van der Waals surface area contributed by atoms with Gasteiger partial charge in [-0.05, 0) is 6.07 Å². The zero-order chi connectivity index (χ0) is 19.9. The van der Waals surface area contributed by atoms with E-state index in [-0.39, 0.29) is 30.2 Å². The number of rotatable bonds is 4. The summed E-state index contributed by atoms with van der Waals surface area (Å²) in [6.07, 6.45) is -2.36. The first-order valence-electron chi connectivity index (χ1n) is 8.21. The molecule has 4 rings (SSSR count). The lowest BCUT2D eigenvalue weighted by Crippen LogP contribution is -2.51. The molecule has 1 aliphatic rings. The SMILES string of the molecule is OC1CC(Nc2ncc(-c3noc(C(F)(F)F)n3)cn2)(c2ccccc2F)C1. The van der Waals surface area contributed by atoms with Crippen molar-refractivity contribution in [1.82, 2.24) is 20.1 Å². The Hall–Kier alpha value is -3.08. The number of hydrogen-bond donors (Lipinski definition) is 2. The smallest absolute Gasteiger partial charge is 0.393 e. The predicted molar refractivity (Wildman–Crippen MR) is 87.3 cm³/mol. The Morgan fingerprint density at radius 3 is 2.39 bits per heavy atom. The first kappa shape index (κ1) is 18.3. The summed E-state index contributed by atoms with van der Waals surface area (Å²) in [4.78, 5) is 11.4. The van der Waals surface area contributed by atoms with E-state index in [0.717, 1.165) is 0 Å². The summed E-state index contributed by atoms with van der Waals surface area (Å²) < 4.78 is 56.1. The summed E-state index contributed by atoms with van der Waals surface area (Å²) in [7, 11) is 0. The first-order chi connectivity index (χ1) is 13.3. The maximum Gasteiger partial charge on any atom is 0.471 e. The number of nitrogens with zero attached hydrogens (tertiary/aromatic N) is 4. The van der Waals surface area contributed by atoms with Gasteiger partial charge in [0.05, 0.1) is 17.2 Å². The number of aliphatic hydroxyl groups is 1. The molecular weight excluding hydrogens is 382 g/mol. The number of aliphatic hydroxyl groups excluding tert-OH is 1. The molecule has 3 aromatic rings. The third-order valence-electron chi connectivity index (χ3n) is 4.49. The molecule has 11 heteroatoms. The van der Waals surface area contributed by atoms with Crippen LogP contribution in [-0.4, -0.2) is 31.3 Å². The normalized spacial score (nSPS) is 22.0. The summed E-state index contributed by atoms with van der Waals surface area (Å²) in [5.74, 6) is -2.07. The van der Waals surface area contributed by atoms with Crippen molar-refractivity contribution >= 4 is 5.95 Å². The van der Waals surface area contributed by atoms with Crippen LogP contribution in [0.15, 0.2) is 41.2 Å². The van der Waals surface area contributed by atoms with Crippen LogP contribution < -0.4 is 5.32 Å². The second kappa shape index (κ2) is 6.51. The molecule has 1 aliphatic carbocycles. The van der Waals surface area contributed by atoms with Gasteiger partial charge in [-0.25, -0.2) is 14.4 Å². The number of anilines is 1. The van der Waals surface area contributed by atoms with Gasteiger partial charge < -0.3 is 14.9 Å². The highest BCUT2D eigenvalue weighted by atomic mass is 19.4. The lowest BCUT2D eigenvalue weighted by atomic mass is 9.69. The van der Waals surface area contributed by atoms with Crippen LogP contribution in [-0.2, 0) is 11.7 Å². The average molecular weight is 395 g/mol. The molecule has 7 nitrogen and oxygen atoms in total. The number of hydrogen-bond acceptors (Lipinski definition) is 7.